The lowest BCUT2D eigenvalue weighted by atomic mass is 10.1. The summed E-state index contributed by atoms with van der Waals surface area (Å²) >= 11 is 0. The second-order valence-electron chi connectivity index (χ2n) is 4.51. The molecule has 3 nitrogen and oxygen atoms in total. The van der Waals surface area contributed by atoms with Crippen LogP contribution in [0.25, 0.3) is 0 Å². The molecule has 0 bridgehead atoms. The Morgan fingerprint density at radius 1 is 1.24 bits per heavy atom. The van der Waals surface area contributed by atoms with Gasteiger partial charge in [-0.05, 0) is 30.5 Å². The summed E-state index contributed by atoms with van der Waals surface area (Å²) in [7, 11) is -3.26. The molecule has 0 aromatic heterocycles. The second kappa shape index (κ2) is 5.54. The number of sulfone groups is 1. The molecule has 0 aliphatic heterocycles. The Balaban J connectivity index is 3.05. The summed E-state index contributed by atoms with van der Waals surface area (Å²) in [6.07, 6.45) is 1.75. The van der Waals surface area contributed by atoms with Crippen molar-refractivity contribution in [3.8, 4) is 0 Å². The van der Waals surface area contributed by atoms with Crippen molar-refractivity contribution >= 4 is 15.5 Å². The van der Waals surface area contributed by atoms with Crippen LogP contribution in [0.5, 0.6) is 0 Å². The van der Waals surface area contributed by atoms with Crippen LogP contribution in [0.15, 0.2) is 23.1 Å². The summed E-state index contributed by atoms with van der Waals surface area (Å²) < 4.78 is 24.4. The first-order chi connectivity index (χ1) is 7.90. The lowest BCUT2D eigenvalue weighted by molar-refractivity contribution is 0.523. The van der Waals surface area contributed by atoms with E-state index in [0.717, 1.165) is 18.4 Å². The van der Waals surface area contributed by atoms with Crippen molar-refractivity contribution in [3.63, 3.8) is 0 Å². The molecule has 1 aromatic rings. The second-order valence-corrected chi connectivity index (χ2v) is 6.51. The Bertz CT molecular complexity index is 476. The third kappa shape index (κ3) is 3.46. The highest BCUT2D eigenvalue weighted by Gasteiger charge is 2.21. The Labute approximate surface area is 104 Å². The highest BCUT2D eigenvalue weighted by atomic mass is 32.2. The highest BCUT2D eigenvalue weighted by Crippen LogP contribution is 2.24. The van der Waals surface area contributed by atoms with Crippen molar-refractivity contribution in [2.45, 2.75) is 38.5 Å². The molecular weight excluding hydrogens is 234 g/mol. The van der Waals surface area contributed by atoms with Gasteiger partial charge in [-0.3, -0.25) is 0 Å². The van der Waals surface area contributed by atoms with Gasteiger partial charge in [-0.25, -0.2) is 8.42 Å². The zero-order chi connectivity index (χ0) is 13.1. The van der Waals surface area contributed by atoms with Crippen LogP contribution in [-0.2, 0) is 9.84 Å². The van der Waals surface area contributed by atoms with Crippen LogP contribution in [0, 0.1) is 12.8 Å². The normalized spacial score (nSPS) is 12.0. The Morgan fingerprint density at radius 3 is 2.29 bits per heavy atom. The van der Waals surface area contributed by atoms with Gasteiger partial charge in [-0.1, -0.05) is 32.8 Å². The van der Waals surface area contributed by atoms with E-state index in [0.29, 0.717) is 5.69 Å². The summed E-state index contributed by atoms with van der Waals surface area (Å²) in [5.41, 5.74) is 7.12. The molecule has 0 atom stereocenters. The smallest absolute Gasteiger partial charge is 0.180 e. The molecule has 0 saturated heterocycles. The molecule has 0 aliphatic rings. The quantitative estimate of drug-likeness (QED) is 0.823. The van der Waals surface area contributed by atoms with Gasteiger partial charge in [0.2, 0.25) is 0 Å². The van der Waals surface area contributed by atoms with Gasteiger partial charge in [0.15, 0.2) is 9.84 Å². The SMILES string of the molecule is CCC(CC)CS(=O)(=O)c1ccc(C)cc1N. The molecule has 0 saturated carbocycles. The number of benzene rings is 1. The van der Waals surface area contributed by atoms with E-state index in [1.807, 2.05) is 20.8 Å². The van der Waals surface area contributed by atoms with E-state index in [1.165, 1.54) is 0 Å². The fourth-order valence-electron chi connectivity index (χ4n) is 1.88. The van der Waals surface area contributed by atoms with E-state index < -0.39 is 9.84 Å². The third-order valence-electron chi connectivity index (χ3n) is 3.11. The van der Waals surface area contributed by atoms with Crippen LogP contribution in [0.3, 0.4) is 0 Å². The molecule has 0 spiro atoms. The molecule has 0 aliphatic carbocycles. The number of nitrogens with two attached hydrogens (primary N) is 1. The van der Waals surface area contributed by atoms with Gasteiger partial charge in [-0.2, -0.15) is 0 Å². The first-order valence-electron chi connectivity index (χ1n) is 5.99. The number of rotatable bonds is 5. The van der Waals surface area contributed by atoms with Crippen LogP contribution < -0.4 is 5.73 Å². The zero-order valence-corrected chi connectivity index (χ0v) is 11.5. The van der Waals surface area contributed by atoms with E-state index in [4.69, 9.17) is 5.73 Å². The molecule has 0 fully saturated rings. The largest absolute Gasteiger partial charge is 0.398 e. The molecule has 0 heterocycles. The van der Waals surface area contributed by atoms with E-state index in [1.54, 1.807) is 18.2 Å². The predicted octanol–water partition coefficient (Wildman–Crippen LogP) is 2.79. The maximum absolute atomic E-state index is 12.2. The van der Waals surface area contributed by atoms with Crippen molar-refractivity contribution in [3.05, 3.63) is 23.8 Å². The van der Waals surface area contributed by atoms with E-state index in [2.05, 4.69) is 0 Å². The number of hydrogen-bond acceptors (Lipinski definition) is 3. The summed E-state index contributed by atoms with van der Waals surface area (Å²) in [4.78, 5) is 0.273. The molecule has 0 radical (unpaired) electrons. The molecule has 96 valence electrons. The monoisotopic (exact) mass is 255 g/mol. The van der Waals surface area contributed by atoms with Crippen molar-refractivity contribution in [1.82, 2.24) is 0 Å². The van der Waals surface area contributed by atoms with Crippen molar-refractivity contribution in [1.29, 1.82) is 0 Å². The Morgan fingerprint density at radius 2 is 1.82 bits per heavy atom. The van der Waals surface area contributed by atoms with Gasteiger partial charge in [0.1, 0.15) is 0 Å². The van der Waals surface area contributed by atoms with Crippen molar-refractivity contribution in [2.75, 3.05) is 11.5 Å². The fourth-order valence-corrected chi connectivity index (χ4v) is 3.84. The summed E-state index contributed by atoms with van der Waals surface area (Å²) in [5.74, 6) is 0.397. The third-order valence-corrected chi connectivity index (χ3v) is 5.06. The van der Waals surface area contributed by atoms with Gasteiger partial charge in [0, 0.05) is 0 Å². The summed E-state index contributed by atoms with van der Waals surface area (Å²) in [6, 6.07) is 5.11. The minimum atomic E-state index is -3.26. The number of anilines is 1. The Hall–Kier alpha value is -1.03. The molecule has 17 heavy (non-hydrogen) atoms. The van der Waals surface area contributed by atoms with Gasteiger partial charge >= 0.3 is 0 Å². The van der Waals surface area contributed by atoms with Gasteiger partial charge < -0.3 is 5.73 Å². The lowest BCUT2D eigenvalue weighted by Crippen LogP contribution is -2.16. The number of hydrogen-bond donors (Lipinski definition) is 1. The standard InChI is InChI=1S/C13H21NO2S/c1-4-11(5-2)9-17(15,16)13-7-6-10(3)8-12(13)14/h6-8,11H,4-5,9,14H2,1-3H3. The average molecular weight is 255 g/mol. The maximum Gasteiger partial charge on any atom is 0.180 e. The van der Waals surface area contributed by atoms with E-state index in [9.17, 15) is 8.42 Å². The van der Waals surface area contributed by atoms with Crippen LogP contribution in [0.4, 0.5) is 5.69 Å². The molecule has 4 heteroatoms. The van der Waals surface area contributed by atoms with E-state index in [-0.39, 0.29) is 16.6 Å². The molecular formula is C13H21NO2S. The molecule has 1 rings (SSSR count). The van der Waals surface area contributed by atoms with Gasteiger partial charge in [0.05, 0.1) is 16.3 Å². The molecule has 0 unspecified atom stereocenters. The fraction of sp³-hybridized carbons (Fsp3) is 0.538. The van der Waals surface area contributed by atoms with Crippen LogP contribution >= 0.6 is 0 Å². The lowest BCUT2D eigenvalue weighted by Gasteiger charge is -2.14. The highest BCUT2D eigenvalue weighted by molar-refractivity contribution is 7.91. The summed E-state index contributed by atoms with van der Waals surface area (Å²) in [6.45, 7) is 5.93. The molecule has 2 N–H and O–H groups in total. The van der Waals surface area contributed by atoms with Crippen molar-refractivity contribution in [2.24, 2.45) is 5.92 Å². The van der Waals surface area contributed by atoms with Crippen LogP contribution in [-0.4, -0.2) is 14.2 Å². The predicted molar refractivity (Wildman–Crippen MR) is 71.7 cm³/mol. The minimum Gasteiger partial charge on any atom is -0.398 e. The van der Waals surface area contributed by atoms with Gasteiger partial charge in [0.25, 0.3) is 0 Å². The first kappa shape index (κ1) is 14.0. The topological polar surface area (TPSA) is 60.2 Å². The van der Waals surface area contributed by atoms with Crippen LogP contribution in [0.2, 0.25) is 0 Å². The maximum atomic E-state index is 12.2. The first-order valence-corrected chi connectivity index (χ1v) is 7.64. The number of nitrogen functional groups attached to an aromatic ring is 1. The Kier molecular flexibility index (Phi) is 4.57. The average Bonchev–Trinajstić information content (AvgIpc) is 2.25. The summed E-state index contributed by atoms with van der Waals surface area (Å²) in [5, 5.41) is 0. The zero-order valence-electron chi connectivity index (χ0n) is 10.7. The molecule has 0 amide bonds. The minimum absolute atomic E-state index is 0.188. The number of aryl methyl sites for hydroxylation is 1. The molecule has 1 aromatic carbocycles. The van der Waals surface area contributed by atoms with E-state index >= 15 is 0 Å². The van der Waals surface area contributed by atoms with Crippen LogP contribution in [0.1, 0.15) is 32.3 Å². The van der Waals surface area contributed by atoms with Crippen molar-refractivity contribution < 1.29 is 8.42 Å². The van der Waals surface area contributed by atoms with Gasteiger partial charge in [-0.15, -0.1) is 0 Å².